The number of rotatable bonds is 7. The molecule has 146 valence electrons. The summed E-state index contributed by atoms with van der Waals surface area (Å²) in [5, 5.41) is 11.6. The second kappa shape index (κ2) is 8.57. The Morgan fingerprint density at radius 2 is 2.18 bits per heavy atom. The number of hydrogen-bond donors (Lipinski definition) is 1. The number of para-hydroxylation sites is 1. The van der Waals surface area contributed by atoms with Crippen LogP contribution in [0.1, 0.15) is 12.8 Å². The number of nitrogens with one attached hydrogen (secondary N) is 1. The minimum atomic E-state index is -0.470. The van der Waals surface area contributed by atoms with E-state index in [2.05, 4.69) is 15.5 Å². The molecule has 2 aromatic heterocycles. The molecule has 1 aliphatic heterocycles. The van der Waals surface area contributed by atoms with Crippen LogP contribution in [0.2, 0.25) is 0 Å². The molecule has 7 nitrogen and oxygen atoms in total. The highest BCUT2D eigenvalue weighted by Crippen LogP contribution is 2.27. The molecule has 1 N–H and O–H groups in total. The molecule has 1 aromatic carbocycles. The van der Waals surface area contributed by atoms with E-state index in [0.29, 0.717) is 23.3 Å². The first-order chi connectivity index (χ1) is 13.7. The van der Waals surface area contributed by atoms with Crippen LogP contribution < -0.4 is 5.32 Å². The zero-order valence-electron chi connectivity index (χ0n) is 15.0. The molecule has 0 saturated carbocycles. The van der Waals surface area contributed by atoms with Crippen molar-refractivity contribution in [2.75, 3.05) is 17.7 Å². The molecule has 3 heterocycles. The fourth-order valence-electron chi connectivity index (χ4n) is 3.02. The van der Waals surface area contributed by atoms with Crippen molar-refractivity contribution in [2.24, 2.45) is 0 Å². The van der Waals surface area contributed by atoms with Crippen molar-refractivity contribution in [1.82, 2.24) is 14.8 Å². The van der Waals surface area contributed by atoms with Crippen LogP contribution in [0.25, 0.3) is 11.6 Å². The summed E-state index contributed by atoms with van der Waals surface area (Å²) < 4.78 is 26.8. The van der Waals surface area contributed by atoms with Crippen molar-refractivity contribution in [2.45, 2.75) is 30.6 Å². The Morgan fingerprint density at radius 3 is 2.93 bits per heavy atom. The van der Waals surface area contributed by atoms with Gasteiger partial charge in [-0.1, -0.05) is 23.9 Å². The van der Waals surface area contributed by atoms with E-state index in [1.807, 2.05) is 10.6 Å². The normalized spacial score (nSPS) is 16.4. The molecule has 1 atom stereocenters. The molecular weight excluding hydrogens is 383 g/mol. The van der Waals surface area contributed by atoms with Gasteiger partial charge in [-0.25, -0.2) is 4.39 Å². The van der Waals surface area contributed by atoms with Crippen LogP contribution in [0.3, 0.4) is 0 Å². The maximum Gasteiger partial charge on any atom is 0.234 e. The van der Waals surface area contributed by atoms with Gasteiger partial charge in [0.25, 0.3) is 0 Å². The van der Waals surface area contributed by atoms with Crippen LogP contribution in [-0.4, -0.2) is 39.1 Å². The number of thioether (sulfide) groups is 1. The molecule has 0 spiro atoms. The third kappa shape index (κ3) is 4.26. The number of nitrogens with zero attached hydrogens (tertiary/aromatic N) is 3. The topological polar surface area (TPSA) is 82.2 Å². The molecule has 1 fully saturated rings. The molecule has 0 radical (unpaired) electrons. The Balaban J connectivity index is 1.47. The molecule has 4 rings (SSSR count). The second-order valence-electron chi connectivity index (χ2n) is 6.35. The molecule has 1 amide bonds. The Bertz CT molecular complexity index is 939. The highest BCUT2D eigenvalue weighted by molar-refractivity contribution is 7.99. The van der Waals surface area contributed by atoms with Crippen molar-refractivity contribution >= 4 is 23.4 Å². The van der Waals surface area contributed by atoms with E-state index < -0.39 is 5.82 Å². The van der Waals surface area contributed by atoms with Crippen LogP contribution in [0, 0.1) is 5.82 Å². The number of furan rings is 1. The first kappa shape index (κ1) is 18.7. The van der Waals surface area contributed by atoms with E-state index in [0.717, 1.165) is 19.4 Å². The number of aromatic nitrogens is 3. The third-order valence-corrected chi connectivity index (χ3v) is 5.32. The standard InChI is InChI=1S/C19H19FN4O3S/c20-14-6-1-2-7-15(14)21-17(25)12-28-19-23-22-18(16-8-4-10-27-16)24(19)11-13-5-3-9-26-13/h1-2,4,6-8,10,13H,3,5,9,11-12H2,(H,21,25). The zero-order valence-corrected chi connectivity index (χ0v) is 15.8. The van der Waals surface area contributed by atoms with Gasteiger partial charge in [0.2, 0.25) is 11.7 Å². The van der Waals surface area contributed by atoms with E-state index in [1.165, 1.54) is 23.9 Å². The lowest BCUT2D eigenvalue weighted by Gasteiger charge is -2.14. The first-order valence-corrected chi connectivity index (χ1v) is 9.95. The van der Waals surface area contributed by atoms with Gasteiger partial charge >= 0.3 is 0 Å². The molecule has 1 aliphatic rings. The summed E-state index contributed by atoms with van der Waals surface area (Å²) in [5.41, 5.74) is 0.158. The monoisotopic (exact) mass is 402 g/mol. The molecule has 0 bridgehead atoms. The summed E-state index contributed by atoms with van der Waals surface area (Å²) in [4.78, 5) is 12.2. The second-order valence-corrected chi connectivity index (χ2v) is 7.29. The predicted molar refractivity (Wildman–Crippen MR) is 102 cm³/mol. The highest BCUT2D eigenvalue weighted by Gasteiger charge is 2.23. The number of ether oxygens (including phenoxy) is 1. The molecule has 1 saturated heterocycles. The number of halogens is 1. The molecular formula is C19H19FN4O3S. The summed E-state index contributed by atoms with van der Waals surface area (Å²) >= 11 is 1.24. The largest absolute Gasteiger partial charge is 0.461 e. The lowest BCUT2D eigenvalue weighted by atomic mass is 10.2. The van der Waals surface area contributed by atoms with Gasteiger partial charge in [-0.15, -0.1) is 10.2 Å². The fraction of sp³-hybridized carbons (Fsp3) is 0.316. The fourth-order valence-corrected chi connectivity index (χ4v) is 3.77. The maximum absolute atomic E-state index is 13.7. The summed E-state index contributed by atoms with van der Waals surface area (Å²) in [7, 11) is 0. The van der Waals surface area contributed by atoms with Gasteiger partial charge < -0.3 is 14.5 Å². The van der Waals surface area contributed by atoms with Gasteiger partial charge in [0.1, 0.15) is 5.82 Å². The highest BCUT2D eigenvalue weighted by atomic mass is 32.2. The van der Waals surface area contributed by atoms with Gasteiger partial charge in [0.15, 0.2) is 10.9 Å². The maximum atomic E-state index is 13.7. The Morgan fingerprint density at radius 1 is 1.29 bits per heavy atom. The molecule has 0 aliphatic carbocycles. The Kier molecular flexibility index (Phi) is 5.73. The average Bonchev–Trinajstić information content (AvgIpc) is 3.44. The Labute approximate surface area is 165 Å². The molecule has 3 aromatic rings. The zero-order chi connectivity index (χ0) is 19.3. The lowest BCUT2D eigenvalue weighted by Crippen LogP contribution is -2.18. The van der Waals surface area contributed by atoms with Crippen molar-refractivity contribution in [3.8, 4) is 11.6 Å². The predicted octanol–water partition coefficient (Wildman–Crippen LogP) is 3.59. The van der Waals surface area contributed by atoms with E-state index in [4.69, 9.17) is 9.15 Å². The van der Waals surface area contributed by atoms with Crippen LogP contribution in [0.5, 0.6) is 0 Å². The first-order valence-electron chi connectivity index (χ1n) is 8.96. The van der Waals surface area contributed by atoms with Crippen molar-refractivity contribution in [3.05, 3.63) is 48.5 Å². The number of benzene rings is 1. The number of hydrogen-bond acceptors (Lipinski definition) is 6. The smallest absolute Gasteiger partial charge is 0.234 e. The average molecular weight is 402 g/mol. The van der Waals surface area contributed by atoms with Gasteiger partial charge in [0, 0.05) is 6.61 Å². The number of carbonyl (C=O) groups is 1. The van der Waals surface area contributed by atoms with E-state index in [-0.39, 0.29) is 23.5 Å². The number of carbonyl (C=O) groups excluding carboxylic acids is 1. The number of anilines is 1. The molecule has 9 heteroatoms. The van der Waals surface area contributed by atoms with Crippen molar-refractivity contribution in [1.29, 1.82) is 0 Å². The Hall–Kier alpha value is -2.65. The van der Waals surface area contributed by atoms with Crippen LogP contribution in [0.4, 0.5) is 10.1 Å². The summed E-state index contributed by atoms with van der Waals surface area (Å²) in [5.74, 6) is 0.491. The van der Waals surface area contributed by atoms with Gasteiger partial charge in [-0.3, -0.25) is 9.36 Å². The minimum Gasteiger partial charge on any atom is -0.461 e. The van der Waals surface area contributed by atoms with E-state index >= 15 is 0 Å². The summed E-state index contributed by atoms with van der Waals surface area (Å²) in [6, 6.07) is 9.66. The van der Waals surface area contributed by atoms with Gasteiger partial charge in [0.05, 0.1) is 30.4 Å². The SMILES string of the molecule is O=C(CSc1nnc(-c2ccco2)n1CC1CCCO1)Nc1ccccc1F. The van der Waals surface area contributed by atoms with Crippen LogP contribution >= 0.6 is 11.8 Å². The van der Waals surface area contributed by atoms with E-state index in [1.54, 1.807) is 24.5 Å². The summed E-state index contributed by atoms with van der Waals surface area (Å²) in [6.45, 7) is 1.33. The number of amides is 1. The minimum absolute atomic E-state index is 0.0795. The van der Waals surface area contributed by atoms with Gasteiger partial charge in [-0.2, -0.15) is 0 Å². The van der Waals surface area contributed by atoms with Crippen LogP contribution in [0.15, 0.2) is 52.2 Å². The lowest BCUT2D eigenvalue weighted by molar-refractivity contribution is -0.113. The van der Waals surface area contributed by atoms with E-state index in [9.17, 15) is 9.18 Å². The van der Waals surface area contributed by atoms with Crippen molar-refractivity contribution in [3.63, 3.8) is 0 Å². The van der Waals surface area contributed by atoms with Crippen LogP contribution in [-0.2, 0) is 16.1 Å². The summed E-state index contributed by atoms with van der Waals surface area (Å²) in [6.07, 6.45) is 3.65. The molecule has 28 heavy (non-hydrogen) atoms. The van der Waals surface area contributed by atoms with Gasteiger partial charge in [-0.05, 0) is 37.1 Å². The third-order valence-electron chi connectivity index (χ3n) is 4.35. The quantitative estimate of drug-likeness (QED) is 0.608. The molecule has 1 unspecified atom stereocenters. The van der Waals surface area contributed by atoms with Crippen molar-refractivity contribution < 1.29 is 18.3 Å².